The Bertz CT molecular complexity index is 838. The van der Waals surface area contributed by atoms with Crippen LogP contribution >= 0.6 is 23.4 Å². The maximum atomic E-state index is 13.0. The van der Waals surface area contributed by atoms with Crippen LogP contribution in [-0.4, -0.2) is 4.98 Å². The van der Waals surface area contributed by atoms with E-state index in [9.17, 15) is 9.65 Å². The van der Waals surface area contributed by atoms with Gasteiger partial charge in [0.25, 0.3) is 0 Å². The van der Waals surface area contributed by atoms with Crippen molar-refractivity contribution in [2.24, 2.45) is 0 Å². The lowest BCUT2D eigenvalue weighted by atomic mass is 10.2. The second-order valence-electron chi connectivity index (χ2n) is 4.33. The van der Waals surface area contributed by atoms with Gasteiger partial charge < -0.3 is 4.42 Å². The van der Waals surface area contributed by atoms with Crippen LogP contribution in [0.4, 0.5) is 4.39 Å². The molecule has 0 spiro atoms. The Balaban J connectivity index is 1.93. The first-order chi connectivity index (χ1) is 10.7. The maximum absolute atomic E-state index is 13.0. The van der Waals surface area contributed by atoms with E-state index in [1.165, 1.54) is 23.9 Å². The van der Waals surface area contributed by atoms with E-state index in [-0.39, 0.29) is 17.4 Å². The highest BCUT2D eigenvalue weighted by Crippen LogP contribution is 2.34. The van der Waals surface area contributed by atoms with E-state index in [4.69, 9.17) is 16.0 Å². The van der Waals surface area contributed by atoms with E-state index < -0.39 is 0 Å². The summed E-state index contributed by atoms with van der Waals surface area (Å²) in [4.78, 5) is 5.02. The highest BCUT2D eigenvalue weighted by molar-refractivity contribution is 7.99. The maximum Gasteiger partial charge on any atom is 0.228 e. The number of nitriles is 1. The fraction of sp³-hybridized carbons (Fsp3) is 0. The second-order valence-corrected chi connectivity index (χ2v) is 5.81. The Labute approximate surface area is 135 Å². The minimum Gasteiger partial charge on any atom is -0.428 e. The molecule has 2 aromatic carbocycles. The Kier molecular flexibility index (Phi) is 4.14. The summed E-state index contributed by atoms with van der Waals surface area (Å²) in [5.74, 6) is -0.0559. The standard InChI is InChI=1S/C16H8ClFN2OS/c17-11-3-7-13(8-4-11)22-16-14(9-19)20-15(21-16)10-1-5-12(18)6-2-10/h1-8H. The van der Waals surface area contributed by atoms with Crippen molar-refractivity contribution in [2.45, 2.75) is 9.99 Å². The number of rotatable bonds is 3. The van der Waals surface area contributed by atoms with Gasteiger partial charge in [-0.05, 0) is 60.3 Å². The summed E-state index contributed by atoms with van der Waals surface area (Å²) >= 11 is 7.12. The molecule has 0 unspecified atom stereocenters. The average Bonchev–Trinajstić information content (AvgIpc) is 2.93. The lowest BCUT2D eigenvalue weighted by Gasteiger charge is -1.98. The summed E-state index contributed by atoms with van der Waals surface area (Å²) in [6, 6.07) is 14.9. The number of hydrogen-bond donors (Lipinski definition) is 0. The molecule has 3 rings (SSSR count). The van der Waals surface area contributed by atoms with Gasteiger partial charge in [0, 0.05) is 15.5 Å². The number of hydrogen-bond acceptors (Lipinski definition) is 4. The highest BCUT2D eigenvalue weighted by atomic mass is 35.5. The van der Waals surface area contributed by atoms with Crippen molar-refractivity contribution in [1.82, 2.24) is 4.98 Å². The molecule has 108 valence electrons. The molecule has 0 atom stereocenters. The Morgan fingerprint density at radius 3 is 2.41 bits per heavy atom. The topological polar surface area (TPSA) is 49.8 Å². The van der Waals surface area contributed by atoms with Crippen LogP contribution in [0.25, 0.3) is 11.5 Å². The highest BCUT2D eigenvalue weighted by Gasteiger charge is 2.15. The largest absolute Gasteiger partial charge is 0.428 e. The third-order valence-corrected chi connectivity index (χ3v) is 4.04. The molecule has 0 bridgehead atoms. The van der Waals surface area contributed by atoms with E-state index in [1.54, 1.807) is 24.3 Å². The lowest BCUT2D eigenvalue weighted by Crippen LogP contribution is -1.79. The molecule has 3 aromatic rings. The monoisotopic (exact) mass is 330 g/mol. The molecule has 0 N–H and O–H groups in total. The SMILES string of the molecule is N#Cc1nc(-c2ccc(F)cc2)oc1Sc1ccc(Cl)cc1. The Morgan fingerprint density at radius 2 is 1.77 bits per heavy atom. The van der Waals surface area contributed by atoms with Gasteiger partial charge in [-0.1, -0.05) is 11.6 Å². The van der Waals surface area contributed by atoms with E-state index >= 15 is 0 Å². The van der Waals surface area contributed by atoms with E-state index in [1.807, 2.05) is 18.2 Å². The predicted octanol–water partition coefficient (Wildman–Crippen LogP) is 5.16. The second kappa shape index (κ2) is 6.22. The van der Waals surface area contributed by atoms with Crippen LogP contribution in [0, 0.1) is 17.1 Å². The molecule has 0 aliphatic rings. The van der Waals surface area contributed by atoms with Crippen LogP contribution in [0.1, 0.15) is 5.69 Å². The quantitative estimate of drug-likeness (QED) is 0.665. The van der Waals surface area contributed by atoms with E-state index in [2.05, 4.69) is 4.98 Å². The fourth-order valence-corrected chi connectivity index (χ4v) is 2.69. The van der Waals surface area contributed by atoms with Gasteiger partial charge in [-0.15, -0.1) is 0 Å². The summed E-state index contributed by atoms with van der Waals surface area (Å²) in [7, 11) is 0. The summed E-state index contributed by atoms with van der Waals surface area (Å²) in [5.41, 5.74) is 0.806. The molecule has 0 aliphatic carbocycles. The summed E-state index contributed by atoms with van der Waals surface area (Å²) in [5, 5.41) is 10.2. The number of nitrogens with zero attached hydrogens (tertiary/aromatic N) is 2. The zero-order chi connectivity index (χ0) is 15.5. The first kappa shape index (κ1) is 14.6. The Morgan fingerprint density at radius 1 is 1.09 bits per heavy atom. The molecule has 3 nitrogen and oxygen atoms in total. The van der Waals surface area contributed by atoms with Crippen molar-refractivity contribution in [3.8, 4) is 17.5 Å². The molecule has 1 heterocycles. The van der Waals surface area contributed by atoms with Crippen molar-refractivity contribution in [3.63, 3.8) is 0 Å². The molecule has 0 aliphatic heterocycles. The minimum absolute atomic E-state index is 0.194. The number of benzene rings is 2. The van der Waals surface area contributed by atoms with Crippen LogP contribution in [0.2, 0.25) is 5.02 Å². The van der Waals surface area contributed by atoms with Crippen molar-refractivity contribution in [3.05, 3.63) is 65.1 Å². The van der Waals surface area contributed by atoms with Crippen LogP contribution in [-0.2, 0) is 0 Å². The zero-order valence-corrected chi connectivity index (χ0v) is 12.7. The van der Waals surface area contributed by atoms with Crippen LogP contribution < -0.4 is 0 Å². The third kappa shape index (κ3) is 3.14. The number of aromatic nitrogens is 1. The van der Waals surface area contributed by atoms with Gasteiger partial charge in [0.05, 0.1) is 0 Å². The molecular formula is C16H8ClFN2OS. The minimum atomic E-state index is -0.341. The van der Waals surface area contributed by atoms with Gasteiger partial charge in [0.15, 0.2) is 5.69 Å². The number of halogens is 2. The zero-order valence-electron chi connectivity index (χ0n) is 11.1. The van der Waals surface area contributed by atoms with E-state index in [0.29, 0.717) is 15.7 Å². The average molecular weight is 331 g/mol. The van der Waals surface area contributed by atoms with Crippen LogP contribution in [0.5, 0.6) is 0 Å². The molecule has 0 radical (unpaired) electrons. The first-order valence-corrected chi connectivity index (χ1v) is 7.45. The molecule has 6 heteroatoms. The number of oxazole rings is 1. The van der Waals surface area contributed by atoms with Gasteiger partial charge in [0.1, 0.15) is 11.9 Å². The molecule has 0 amide bonds. The summed E-state index contributed by atoms with van der Waals surface area (Å²) in [6.45, 7) is 0. The molecular weight excluding hydrogens is 323 g/mol. The molecule has 0 saturated carbocycles. The Hall–Kier alpha value is -2.29. The van der Waals surface area contributed by atoms with Crippen molar-refractivity contribution in [2.75, 3.05) is 0 Å². The van der Waals surface area contributed by atoms with Crippen LogP contribution in [0.15, 0.2) is 62.9 Å². The van der Waals surface area contributed by atoms with Crippen molar-refractivity contribution in [1.29, 1.82) is 5.26 Å². The van der Waals surface area contributed by atoms with Crippen molar-refractivity contribution >= 4 is 23.4 Å². The van der Waals surface area contributed by atoms with Gasteiger partial charge >= 0.3 is 0 Å². The summed E-state index contributed by atoms with van der Waals surface area (Å²) < 4.78 is 18.6. The van der Waals surface area contributed by atoms with Crippen LogP contribution in [0.3, 0.4) is 0 Å². The summed E-state index contributed by atoms with van der Waals surface area (Å²) in [6.07, 6.45) is 0. The normalized spacial score (nSPS) is 10.4. The predicted molar refractivity (Wildman–Crippen MR) is 82.2 cm³/mol. The fourth-order valence-electron chi connectivity index (χ4n) is 1.77. The smallest absolute Gasteiger partial charge is 0.228 e. The molecule has 1 aromatic heterocycles. The van der Waals surface area contributed by atoms with Gasteiger partial charge in [-0.2, -0.15) is 10.2 Å². The molecule has 0 saturated heterocycles. The van der Waals surface area contributed by atoms with Gasteiger partial charge in [-0.3, -0.25) is 0 Å². The third-order valence-electron chi connectivity index (χ3n) is 2.82. The van der Waals surface area contributed by atoms with Gasteiger partial charge in [0.2, 0.25) is 11.0 Å². The first-order valence-electron chi connectivity index (χ1n) is 6.26. The molecule has 22 heavy (non-hydrogen) atoms. The lowest BCUT2D eigenvalue weighted by molar-refractivity contribution is 0.483. The molecule has 0 fully saturated rings. The van der Waals surface area contributed by atoms with Crippen molar-refractivity contribution < 1.29 is 8.81 Å². The van der Waals surface area contributed by atoms with E-state index in [0.717, 1.165) is 4.90 Å². The van der Waals surface area contributed by atoms with Gasteiger partial charge in [-0.25, -0.2) is 4.39 Å².